The lowest BCUT2D eigenvalue weighted by Gasteiger charge is -2.24. The zero-order chi connectivity index (χ0) is 64.9. The highest BCUT2D eigenvalue weighted by molar-refractivity contribution is 6.85. The van der Waals surface area contributed by atoms with Gasteiger partial charge in [-0.25, -0.2) is 19.4 Å². The van der Waals surface area contributed by atoms with E-state index in [2.05, 4.69) is 96.1 Å². The third-order valence-corrected chi connectivity index (χ3v) is 18.0. The van der Waals surface area contributed by atoms with E-state index in [-0.39, 0.29) is 23.1 Å². The van der Waals surface area contributed by atoms with Gasteiger partial charge in [0.2, 0.25) is 5.70 Å². The molecular formula is C80H72B2N8O4. The minimum atomic E-state index is -0.679. The number of rotatable bonds is 24. The molecule has 462 valence electrons. The minimum absolute atomic E-state index is 0.179. The summed E-state index contributed by atoms with van der Waals surface area (Å²) in [7, 11) is 0. The summed E-state index contributed by atoms with van der Waals surface area (Å²) in [6, 6.07) is 73.8. The van der Waals surface area contributed by atoms with Crippen molar-refractivity contribution >= 4 is 91.6 Å². The Kier molecular flexibility index (Phi) is 19.9. The topological polar surface area (TPSA) is 142 Å². The van der Waals surface area contributed by atoms with Crippen LogP contribution in [-0.2, 0) is 9.47 Å². The predicted molar refractivity (Wildman–Crippen MR) is 380 cm³/mol. The molecule has 0 amide bonds. The molecular weight excluding hydrogens is 1160 g/mol. The van der Waals surface area contributed by atoms with E-state index in [0.717, 1.165) is 73.2 Å². The van der Waals surface area contributed by atoms with Crippen molar-refractivity contribution in [3.05, 3.63) is 275 Å². The molecule has 0 bridgehead atoms. The molecule has 0 fully saturated rings. The van der Waals surface area contributed by atoms with Crippen molar-refractivity contribution < 1.29 is 19.1 Å². The van der Waals surface area contributed by atoms with E-state index in [9.17, 15) is 21.4 Å². The number of hydrogen-bond acceptors (Lipinski definition) is 9. The molecule has 94 heavy (non-hydrogen) atoms. The molecule has 0 saturated heterocycles. The van der Waals surface area contributed by atoms with Gasteiger partial charge in [-0.1, -0.05) is 258 Å². The molecule has 0 N–H and O–H groups in total. The molecule has 8 aromatic carbocycles. The molecule has 0 aliphatic rings. The largest absolute Gasteiger partial charge is 0.462 e. The van der Waals surface area contributed by atoms with Crippen molar-refractivity contribution in [1.82, 2.24) is 28.9 Å². The lowest BCUT2D eigenvalue weighted by atomic mass is 9.50. The fourth-order valence-corrected chi connectivity index (χ4v) is 13.0. The maximum Gasteiger partial charge on any atom is 0.338 e. The second-order valence-corrected chi connectivity index (χ2v) is 24.0. The van der Waals surface area contributed by atoms with Gasteiger partial charge in [-0.3, -0.25) is 15.0 Å². The monoisotopic (exact) mass is 1230 g/mol. The summed E-state index contributed by atoms with van der Waals surface area (Å²) in [4.78, 5) is 53.8. The summed E-state index contributed by atoms with van der Waals surface area (Å²) in [5, 5.41) is 14.6. The number of unbranched alkanes of at least 4 members (excludes halogenated alkanes) is 2. The fourth-order valence-electron chi connectivity index (χ4n) is 13.0. The van der Waals surface area contributed by atoms with Gasteiger partial charge in [0.1, 0.15) is 17.3 Å². The minimum Gasteiger partial charge on any atom is -0.462 e. The van der Waals surface area contributed by atoms with Gasteiger partial charge in [0.15, 0.2) is 0 Å². The molecule has 2 atom stereocenters. The lowest BCUT2D eigenvalue weighted by molar-refractivity contribution is 0.0419. The Balaban J connectivity index is 1.32. The number of carbonyl (C=O) groups excluding carboxylic acids is 2. The SMILES string of the molecule is [C-]#[N+]/C(c1cnc2ccccc2n1)=c1\c2c(-c3ccc(C(=O)OCC(CC)CCCC)cc3)n(B(c3ccccc3)c3ccccc3)/c(=C(/C#N)c3cnc4ccccc4n3)c2c(-c2ccc(C(=O)OCC(CC)CCCC)cc2)n1B(c1ccccc1)c1ccccc1. The van der Waals surface area contributed by atoms with Crippen LogP contribution in [-0.4, -0.2) is 67.7 Å². The number of carbonyl (C=O) groups is 2. The molecule has 4 aromatic heterocycles. The van der Waals surface area contributed by atoms with Crippen molar-refractivity contribution in [2.75, 3.05) is 13.2 Å². The number of esters is 2. The van der Waals surface area contributed by atoms with Gasteiger partial charge < -0.3 is 18.4 Å². The number of para-hydroxylation sites is 4. The van der Waals surface area contributed by atoms with Gasteiger partial charge in [-0.2, -0.15) is 5.26 Å². The average Bonchev–Trinajstić information content (AvgIpc) is 1.52. The molecule has 4 heterocycles. The second-order valence-electron chi connectivity index (χ2n) is 24.0. The molecule has 12 rings (SSSR count). The summed E-state index contributed by atoms with van der Waals surface area (Å²) in [6.45, 7) is 17.6. The zero-order valence-electron chi connectivity index (χ0n) is 53.5. The van der Waals surface area contributed by atoms with Crippen molar-refractivity contribution in [1.29, 1.82) is 5.26 Å². The van der Waals surface area contributed by atoms with Crippen LogP contribution < -0.4 is 32.5 Å². The first kappa shape index (κ1) is 63.2. The Morgan fingerprint density at radius 1 is 0.489 bits per heavy atom. The second kappa shape index (κ2) is 29.6. The quantitative estimate of drug-likeness (QED) is 0.0328. The number of nitriles is 1. The molecule has 0 radical (unpaired) electrons. The van der Waals surface area contributed by atoms with Gasteiger partial charge in [-0.15, -0.1) is 0 Å². The van der Waals surface area contributed by atoms with E-state index in [0.29, 0.717) is 102 Å². The summed E-state index contributed by atoms with van der Waals surface area (Å²) in [5.74, 6) is -0.399. The van der Waals surface area contributed by atoms with E-state index in [1.165, 1.54) is 0 Å². The standard InChI is InChI=1S/C80H72B2N8O4/c1-6-10-28-55(8-3)53-93-79(91)59-46-42-57(43-47-59)75-72-73(78(74(84-5)71-52-86-67-39-25-27-41-69(67)88-71)90(75)82(63-34-20-14-21-35-63)64-36-22-15-23-37-64)76(58-44-48-60(49-45-58)80(92)94-54-56(9-4)29-11-7-2)89(81(61-30-16-12-17-31-61)62-32-18-13-19-33-62)77(72)65(50-83)70-51-85-66-38-24-26-40-68(66)87-70/h12-27,30-49,51-52,55-56H,6-11,28-29,53-54H2,1-4H3/b77-65-,78-74+. The Morgan fingerprint density at radius 3 is 1.23 bits per heavy atom. The normalized spacial score (nSPS) is 12.6. The van der Waals surface area contributed by atoms with Crippen molar-refractivity contribution in [2.24, 2.45) is 11.8 Å². The molecule has 0 spiro atoms. The third-order valence-electron chi connectivity index (χ3n) is 18.0. The van der Waals surface area contributed by atoms with E-state index >= 15 is 0 Å². The fraction of sp³-hybridized carbons (Fsp3) is 0.200. The summed E-state index contributed by atoms with van der Waals surface area (Å²) in [6.07, 6.45) is 11.3. The van der Waals surface area contributed by atoms with Gasteiger partial charge in [-0.05, 0) is 84.3 Å². The van der Waals surface area contributed by atoms with Crippen molar-refractivity contribution in [3.8, 4) is 28.6 Å². The summed E-state index contributed by atoms with van der Waals surface area (Å²) < 4.78 is 16.7. The van der Waals surface area contributed by atoms with Crippen LogP contribution in [0.2, 0.25) is 0 Å². The lowest BCUT2D eigenvalue weighted by Crippen LogP contribution is -2.54. The van der Waals surface area contributed by atoms with E-state index in [1.54, 1.807) is 12.4 Å². The van der Waals surface area contributed by atoms with Crippen LogP contribution in [0.1, 0.15) is 111 Å². The van der Waals surface area contributed by atoms with Crippen LogP contribution in [0.4, 0.5) is 0 Å². The highest BCUT2D eigenvalue weighted by Gasteiger charge is 2.38. The van der Waals surface area contributed by atoms with Gasteiger partial charge in [0, 0.05) is 33.7 Å². The summed E-state index contributed by atoms with van der Waals surface area (Å²) >= 11 is 0. The third kappa shape index (κ3) is 13.1. The van der Waals surface area contributed by atoms with Crippen LogP contribution in [0.5, 0.6) is 0 Å². The predicted octanol–water partition coefficient (Wildman–Crippen LogP) is 13.5. The van der Waals surface area contributed by atoms with E-state index in [4.69, 9.17) is 29.4 Å². The first-order valence-corrected chi connectivity index (χ1v) is 32.8. The highest BCUT2D eigenvalue weighted by atomic mass is 16.5. The number of benzene rings is 8. The van der Waals surface area contributed by atoms with Gasteiger partial charge in [0.05, 0.1) is 70.2 Å². The smallest absolute Gasteiger partial charge is 0.338 e. The molecule has 14 heteroatoms. The molecule has 0 aliphatic carbocycles. The Hall–Kier alpha value is -11.0. The Labute approximate surface area is 550 Å². The first-order chi connectivity index (χ1) is 46.2. The van der Waals surface area contributed by atoms with Gasteiger partial charge >= 0.3 is 25.6 Å². The number of hydrogen-bond donors (Lipinski definition) is 0. The molecule has 0 aliphatic heterocycles. The maximum absolute atomic E-state index is 14.3. The van der Waals surface area contributed by atoms with E-state index < -0.39 is 25.6 Å². The van der Waals surface area contributed by atoms with Crippen LogP contribution >= 0.6 is 0 Å². The van der Waals surface area contributed by atoms with Crippen LogP contribution in [0.15, 0.2) is 231 Å². The van der Waals surface area contributed by atoms with Crippen molar-refractivity contribution in [3.63, 3.8) is 0 Å². The number of nitrogens with zero attached hydrogens (tertiary/aromatic N) is 8. The van der Waals surface area contributed by atoms with Gasteiger partial charge in [0.25, 0.3) is 0 Å². The first-order valence-electron chi connectivity index (χ1n) is 32.8. The van der Waals surface area contributed by atoms with E-state index in [1.807, 2.05) is 170 Å². The van der Waals surface area contributed by atoms with Crippen molar-refractivity contribution in [2.45, 2.75) is 79.1 Å². The molecule has 12 nitrogen and oxygen atoms in total. The molecule has 0 saturated carbocycles. The van der Waals surface area contributed by atoms with Crippen LogP contribution in [0.3, 0.4) is 0 Å². The zero-order valence-corrected chi connectivity index (χ0v) is 53.5. The number of ether oxygens (including phenoxy) is 2. The summed E-state index contributed by atoms with van der Waals surface area (Å²) in [5.41, 5.74) is 10.4. The molecule has 12 aromatic rings. The highest BCUT2D eigenvalue weighted by Crippen LogP contribution is 2.37. The number of fused-ring (bicyclic) bond motifs is 3. The Morgan fingerprint density at radius 2 is 0.851 bits per heavy atom. The van der Waals surface area contributed by atoms with Crippen LogP contribution in [0, 0.1) is 29.7 Å². The Bertz CT molecular complexity index is 4490. The maximum atomic E-state index is 14.3. The number of aromatic nitrogens is 6. The average molecular weight is 1230 g/mol. The molecule has 2 unspecified atom stereocenters. The van der Waals surface area contributed by atoms with Crippen LogP contribution in [0.25, 0.3) is 71.5 Å².